The third-order valence-corrected chi connectivity index (χ3v) is 5.31. The Hall–Kier alpha value is -2.44. The molecule has 0 spiro atoms. The second-order valence-electron chi connectivity index (χ2n) is 7.37. The van der Waals surface area contributed by atoms with Crippen molar-refractivity contribution in [1.82, 2.24) is 25.0 Å². The summed E-state index contributed by atoms with van der Waals surface area (Å²) >= 11 is 0. The molecule has 2 amide bonds. The molecule has 0 aromatic carbocycles. The van der Waals surface area contributed by atoms with Gasteiger partial charge in [-0.25, -0.2) is 4.98 Å². The normalized spacial score (nSPS) is 17.1. The number of rotatable bonds is 5. The summed E-state index contributed by atoms with van der Waals surface area (Å²) in [6.45, 7) is 3.94. The van der Waals surface area contributed by atoms with E-state index in [1.165, 1.54) is 0 Å². The maximum Gasteiger partial charge on any atom is 0.252 e. The molecule has 7 heteroatoms. The lowest BCUT2D eigenvalue weighted by Crippen LogP contribution is -2.32. The van der Waals surface area contributed by atoms with Crippen LogP contribution < -0.4 is 5.32 Å². The van der Waals surface area contributed by atoms with Gasteiger partial charge in [0.2, 0.25) is 5.91 Å². The van der Waals surface area contributed by atoms with Gasteiger partial charge >= 0.3 is 0 Å². The molecule has 2 aromatic heterocycles. The van der Waals surface area contributed by atoms with Crippen molar-refractivity contribution in [2.45, 2.75) is 44.9 Å². The van der Waals surface area contributed by atoms with E-state index in [-0.39, 0.29) is 11.8 Å². The molecule has 138 valence electrons. The summed E-state index contributed by atoms with van der Waals surface area (Å²) in [7, 11) is 1.86. The van der Waals surface area contributed by atoms with E-state index in [2.05, 4.69) is 10.4 Å². The average Bonchev–Trinajstić information content (AvgIpc) is 3.25. The van der Waals surface area contributed by atoms with Gasteiger partial charge in [0, 0.05) is 44.7 Å². The van der Waals surface area contributed by atoms with Gasteiger partial charge in [0.05, 0.1) is 16.6 Å². The highest BCUT2D eigenvalue weighted by Crippen LogP contribution is 2.40. The predicted octanol–water partition coefficient (Wildman–Crippen LogP) is 1.90. The standard InChI is InChI=1S/C19H25N5O2/c1-12-17-14(11-15(13-5-6-13)21-18(17)23(2)22-12)19(26)20-8-7-16(25)24-9-3-4-10-24/h11,13H,3-10H2,1-2H3,(H,20,26). The SMILES string of the molecule is Cc1nn(C)c2nc(C3CC3)cc(C(=O)NCCC(=O)N3CCCC3)c12. The first-order valence-corrected chi connectivity index (χ1v) is 9.45. The van der Waals surface area contributed by atoms with Crippen LogP contribution in [0, 0.1) is 6.92 Å². The van der Waals surface area contributed by atoms with Crippen LogP contribution in [0.2, 0.25) is 0 Å². The number of pyridine rings is 1. The fourth-order valence-electron chi connectivity index (χ4n) is 3.73. The minimum Gasteiger partial charge on any atom is -0.351 e. The van der Waals surface area contributed by atoms with Gasteiger partial charge in [0.1, 0.15) is 0 Å². The third kappa shape index (κ3) is 3.18. The summed E-state index contributed by atoms with van der Waals surface area (Å²) in [5.74, 6) is 0.432. The quantitative estimate of drug-likeness (QED) is 0.888. The summed E-state index contributed by atoms with van der Waals surface area (Å²) in [6, 6.07) is 1.91. The Bertz CT molecular complexity index is 862. The summed E-state index contributed by atoms with van der Waals surface area (Å²) < 4.78 is 1.74. The highest BCUT2D eigenvalue weighted by atomic mass is 16.2. The number of aromatic nitrogens is 3. The molecule has 7 nitrogen and oxygen atoms in total. The van der Waals surface area contributed by atoms with E-state index < -0.39 is 0 Å². The fourth-order valence-corrected chi connectivity index (χ4v) is 3.73. The largest absolute Gasteiger partial charge is 0.351 e. The molecule has 0 unspecified atom stereocenters. The van der Waals surface area contributed by atoms with E-state index in [4.69, 9.17) is 4.98 Å². The van der Waals surface area contributed by atoms with Crippen LogP contribution in [0.25, 0.3) is 11.0 Å². The van der Waals surface area contributed by atoms with Gasteiger partial charge in [-0.3, -0.25) is 14.3 Å². The molecule has 1 N–H and O–H groups in total. The average molecular weight is 355 g/mol. The number of likely N-dealkylation sites (tertiary alicyclic amines) is 1. The first-order chi connectivity index (χ1) is 12.5. The third-order valence-electron chi connectivity index (χ3n) is 5.31. The van der Waals surface area contributed by atoms with Crippen LogP contribution in [0.5, 0.6) is 0 Å². The van der Waals surface area contributed by atoms with Crippen molar-refractivity contribution >= 4 is 22.8 Å². The summed E-state index contributed by atoms with van der Waals surface area (Å²) in [4.78, 5) is 31.6. The zero-order valence-electron chi connectivity index (χ0n) is 15.4. The van der Waals surface area contributed by atoms with Gasteiger partial charge in [-0.2, -0.15) is 5.10 Å². The van der Waals surface area contributed by atoms with Gasteiger partial charge in [-0.05, 0) is 38.7 Å². The molecule has 0 radical (unpaired) electrons. The number of fused-ring (bicyclic) bond motifs is 1. The number of hydrogen-bond donors (Lipinski definition) is 1. The second kappa shape index (κ2) is 6.70. The number of hydrogen-bond acceptors (Lipinski definition) is 4. The summed E-state index contributed by atoms with van der Waals surface area (Å²) in [5.41, 5.74) is 3.15. The van der Waals surface area contributed by atoms with Crippen LogP contribution in [0.15, 0.2) is 6.07 Å². The fraction of sp³-hybridized carbons (Fsp3) is 0.579. The molecular weight excluding hydrogens is 330 g/mol. The van der Waals surface area contributed by atoms with Gasteiger partial charge in [-0.1, -0.05) is 0 Å². The molecule has 2 aromatic rings. The van der Waals surface area contributed by atoms with E-state index in [1.54, 1.807) is 4.68 Å². The maximum atomic E-state index is 12.8. The Morgan fingerprint density at radius 1 is 1.27 bits per heavy atom. The Morgan fingerprint density at radius 2 is 2.00 bits per heavy atom. The number of aryl methyl sites for hydroxylation is 2. The van der Waals surface area contributed by atoms with Crippen LogP contribution in [-0.2, 0) is 11.8 Å². The van der Waals surface area contributed by atoms with Crippen molar-refractivity contribution in [3.05, 3.63) is 23.0 Å². The van der Waals surface area contributed by atoms with E-state index in [0.717, 1.165) is 61.2 Å². The molecule has 0 atom stereocenters. The number of carbonyl (C=O) groups is 2. The smallest absolute Gasteiger partial charge is 0.252 e. The zero-order chi connectivity index (χ0) is 18.3. The molecule has 1 aliphatic heterocycles. The monoisotopic (exact) mass is 355 g/mol. The van der Waals surface area contributed by atoms with Gasteiger partial charge in [0.25, 0.3) is 5.91 Å². The topological polar surface area (TPSA) is 80.1 Å². The number of amides is 2. The van der Waals surface area contributed by atoms with Crippen molar-refractivity contribution < 1.29 is 9.59 Å². The molecule has 1 saturated heterocycles. The second-order valence-corrected chi connectivity index (χ2v) is 7.37. The molecule has 26 heavy (non-hydrogen) atoms. The van der Waals surface area contributed by atoms with Crippen molar-refractivity contribution in [2.75, 3.05) is 19.6 Å². The number of nitrogens with zero attached hydrogens (tertiary/aromatic N) is 4. The van der Waals surface area contributed by atoms with Crippen LogP contribution in [0.3, 0.4) is 0 Å². The van der Waals surface area contributed by atoms with Crippen molar-refractivity contribution in [3.63, 3.8) is 0 Å². The zero-order valence-corrected chi connectivity index (χ0v) is 15.4. The van der Waals surface area contributed by atoms with Crippen LogP contribution in [0.4, 0.5) is 0 Å². The minimum atomic E-state index is -0.148. The van der Waals surface area contributed by atoms with Crippen molar-refractivity contribution in [3.8, 4) is 0 Å². The van der Waals surface area contributed by atoms with Crippen molar-refractivity contribution in [1.29, 1.82) is 0 Å². The summed E-state index contributed by atoms with van der Waals surface area (Å²) in [6.07, 6.45) is 4.76. The minimum absolute atomic E-state index is 0.124. The van der Waals surface area contributed by atoms with Crippen LogP contribution in [-0.4, -0.2) is 51.1 Å². The van der Waals surface area contributed by atoms with E-state index in [0.29, 0.717) is 24.4 Å². The molecule has 2 aliphatic rings. The predicted molar refractivity (Wildman–Crippen MR) is 98.0 cm³/mol. The molecule has 1 aliphatic carbocycles. The maximum absolute atomic E-state index is 12.8. The lowest BCUT2D eigenvalue weighted by atomic mass is 10.1. The van der Waals surface area contributed by atoms with E-state index in [1.807, 2.05) is 24.9 Å². The van der Waals surface area contributed by atoms with Crippen LogP contribution >= 0.6 is 0 Å². The Labute approximate surface area is 152 Å². The highest BCUT2D eigenvalue weighted by Gasteiger charge is 2.28. The van der Waals surface area contributed by atoms with Crippen molar-refractivity contribution in [2.24, 2.45) is 7.05 Å². The first kappa shape index (κ1) is 17.0. The molecule has 3 heterocycles. The van der Waals surface area contributed by atoms with Gasteiger partial charge in [-0.15, -0.1) is 0 Å². The lowest BCUT2D eigenvalue weighted by molar-refractivity contribution is -0.129. The number of carbonyl (C=O) groups excluding carboxylic acids is 2. The Kier molecular flexibility index (Phi) is 4.38. The first-order valence-electron chi connectivity index (χ1n) is 9.45. The summed E-state index contributed by atoms with van der Waals surface area (Å²) in [5, 5.41) is 8.15. The molecule has 0 bridgehead atoms. The van der Waals surface area contributed by atoms with E-state index >= 15 is 0 Å². The highest BCUT2D eigenvalue weighted by molar-refractivity contribution is 6.06. The van der Waals surface area contributed by atoms with Gasteiger partial charge < -0.3 is 10.2 Å². The molecule has 2 fully saturated rings. The number of nitrogens with one attached hydrogen (secondary N) is 1. The molecule has 4 rings (SSSR count). The van der Waals surface area contributed by atoms with Crippen LogP contribution in [0.1, 0.15) is 59.8 Å². The van der Waals surface area contributed by atoms with Gasteiger partial charge in [0.15, 0.2) is 5.65 Å². The molecule has 1 saturated carbocycles. The van der Waals surface area contributed by atoms with E-state index in [9.17, 15) is 9.59 Å². The lowest BCUT2D eigenvalue weighted by Gasteiger charge is -2.15. The molecular formula is C19H25N5O2. The Balaban J connectivity index is 1.51. The Morgan fingerprint density at radius 3 is 2.69 bits per heavy atom.